The number of nitrogens with one attached hydrogen (secondary N) is 2. The molecule has 1 aliphatic rings. The van der Waals surface area contributed by atoms with Crippen LogP contribution in [0.3, 0.4) is 0 Å². The minimum absolute atomic E-state index is 0.0399. The van der Waals surface area contributed by atoms with Crippen molar-refractivity contribution in [1.29, 1.82) is 0 Å². The molecule has 0 saturated carbocycles. The minimum Gasteiger partial charge on any atom is -0.364 e. The largest absolute Gasteiger partial charge is 0.364 e. The maximum absolute atomic E-state index is 12.9. The summed E-state index contributed by atoms with van der Waals surface area (Å²) < 4.78 is 5.80. The van der Waals surface area contributed by atoms with Crippen LogP contribution >= 0.6 is 11.3 Å². The van der Waals surface area contributed by atoms with Gasteiger partial charge in [0.05, 0.1) is 5.39 Å². The number of H-pyrrole nitrogens is 1. The number of nitrogens with zero attached hydrogens (tertiary/aromatic N) is 1. The Morgan fingerprint density at radius 1 is 1.23 bits per heavy atom. The number of aromatic amines is 1. The van der Waals surface area contributed by atoms with E-state index in [4.69, 9.17) is 9.72 Å². The van der Waals surface area contributed by atoms with Crippen LogP contribution in [0.1, 0.15) is 24.5 Å². The second-order valence-electron chi connectivity index (χ2n) is 7.18. The monoisotopic (exact) mass is 370 g/mol. The van der Waals surface area contributed by atoms with Crippen molar-refractivity contribution in [1.82, 2.24) is 9.97 Å². The van der Waals surface area contributed by atoms with Gasteiger partial charge in [-0.3, -0.25) is 4.79 Å². The highest BCUT2D eigenvalue weighted by Crippen LogP contribution is 2.35. The first-order chi connectivity index (χ1) is 12.5. The molecule has 0 spiro atoms. The van der Waals surface area contributed by atoms with Crippen LogP contribution in [0.25, 0.3) is 21.3 Å². The molecule has 0 radical (unpaired) electrons. The van der Waals surface area contributed by atoms with Crippen LogP contribution in [-0.2, 0) is 11.3 Å². The van der Waals surface area contributed by atoms with Gasteiger partial charge in [-0.25, -0.2) is 4.98 Å². The SMILES string of the molecule is Cc1sc2nc(C[NH+]3C[C@@H](C)O[C@H](C)C3)[nH]c(=O)c2c1-c1ccccc1. The van der Waals surface area contributed by atoms with Crippen LogP contribution in [0, 0.1) is 6.92 Å². The van der Waals surface area contributed by atoms with Crippen LogP contribution in [0.2, 0.25) is 0 Å². The van der Waals surface area contributed by atoms with Crippen molar-refractivity contribution in [3.63, 3.8) is 0 Å². The topological polar surface area (TPSA) is 59.4 Å². The maximum atomic E-state index is 12.9. The van der Waals surface area contributed by atoms with E-state index in [2.05, 4.69) is 25.8 Å². The van der Waals surface area contributed by atoms with Gasteiger partial charge in [-0.05, 0) is 26.3 Å². The molecule has 4 rings (SSSR count). The second kappa shape index (κ2) is 6.95. The van der Waals surface area contributed by atoms with Crippen molar-refractivity contribution >= 4 is 21.6 Å². The summed E-state index contributed by atoms with van der Waals surface area (Å²) in [5.74, 6) is 0.764. The summed E-state index contributed by atoms with van der Waals surface area (Å²) in [4.78, 5) is 24.0. The molecule has 136 valence electrons. The maximum Gasteiger partial charge on any atom is 0.260 e. The quantitative estimate of drug-likeness (QED) is 0.743. The Bertz CT molecular complexity index is 970. The van der Waals surface area contributed by atoms with Crippen LogP contribution < -0.4 is 10.5 Å². The zero-order chi connectivity index (χ0) is 18.3. The van der Waals surface area contributed by atoms with Gasteiger partial charge >= 0.3 is 0 Å². The van der Waals surface area contributed by atoms with E-state index in [0.717, 1.165) is 46.3 Å². The number of hydrogen-bond donors (Lipinski definition) is 2. The van der Waals surface area contributed by atoms with Gasteiger partial charge in [-0.1, -0.05) is 30.3 Å². The van der Waals surface area contributed by atoms with Crippen LogP contribution in [0.15, 0.2) is 35.1 Å². The number of thiophene rings is 1. The van der Waals surface area contributed by atoms with Gasteiger partial charge in [0.15, 0.2) is 5.82 Å². The molecule has 1 aliphatic heterocycles. The molecule has 1 fully saturated rings. The van der Waals surface area contributed by atoms with Gasteiger partial charge in [0.1, 0.15) is 36.7 Å². The lowest BCUT2D eigenvalue weighted by Gasteiger charge is -2.32. The Morgan fingerprint density at radius 3 is 2.62 bits per heavy atom. The summed E-state index contributed by atoms with van der Waals surface area (Å²) in [6, 6.07) is 10.1. The van der Waals surface area contributed by atoms with Crippen LogP contribution in [-0.4, -0.2) is 35.3 Å². The van der Waals surface area contributed by atoms with Crippen molar-refractivity contribution in [3.8, 4) is 11.1 Å². The van der Waals surface area contributed by atoms with Crippen LogP contribution in [0.4, 0.5) is 0 Å². The Hall–Kier alpha value is -2.02. The number of rotatable bonds is 3. The van der Waals surface area contributed by atoms with E-state index in [-0.39, 0.29) is 17.8 Å². The number of quaternary nitrogens is 1. The molecular weight excluding hydrogens is 346 g/mol. The second-order valence-corrected chi connectivity index (χ2v) is 8.39. The lowest BCUT2D eigenvalue weighted by molar-refractivity contribution is -0.928. The standard InChI is InChI=1S/C20H23N3O2S/c1-12-9-23(10-13(2)25-12)11-16-21-19(24)18-17(14(3)26-20(18)22-16)15-7-5-4-6-8-15/h4-8,12-13H,9-11H2,1-3H3,(H,21,22,24)/p+1/t12-,13-/m1/s1. The van der Waals surface area contributed by atoms with Crippen LogP contribution in [0.5, 0.6) is 0 Å². The molecule has 0 unspecified atom stereocenters. The van der Waals surface area contributed by atoms with Crippen molar-refractivity contribution in [2.75, 3.05) is 13.1 Å². The molecule has 0 bridgehead atoms. The average Bonchev–Trinajstić information content (AvgIpc) is 2.91. The third-order valence-electron chi connectivity index (χ3n) is 4.88. The predicted octanol–water partition coefficient (Wildman–Crippen LogP) is 2.15. The Balaban J connectivity index is 1.71. The number of aryl methyl sites for hydroxylation is 1. The van der Waals surface area contributed by atoms with E-state index in [1.165, 1.54) is 4.90 Å². The molecule has 3 heterocycles. The van der Waals surface area contributed by atoms with Gasteiger partial charge in [0.25, 0.3) is 5.56 Å². The fourth-order valence-corrected chi connectivity index (χ4v) is 5.03. The van der Waals surface area contributed by atoms with Gasteiger partial charge in [0, 0.05) is 10.4 Å². The van der Waals surface area contributed by atoms with Gasteiger partial charge in [-0.2, -0.15) is 0 Å². The highest BCUT2D eigenvalue weighted by atomic mass is 32.1. The van der Waals surface area contributed by atoms with Crippen molar-refractivity contribution in [3.05, 3.63) is 51.4 Å². The van der Waals surface area contributed by atoms with Gasteiger partial charge < -0.3 is 14.6 Å². The molecule has 0 aliphatic carbocycles. The molecule has 6 heteroatoms. The van der Waals surface area contributed by atoms with E-state index in [1.807, 2.05) is 30.3 Å². The van der Waals surface area contributed by atoms with E-state index in [1.54, 1.807) is 11.3 Å². The molecule has 2 aromatic heterocycles. The molecule has 1 saturated heterocycles. The lowest BCUT2D eigenvalue weighted by Crippen LogP contribution is -3.14. The third-order valence-corrected chi connectivity index (χ3v) is 5.88. The van der Waals surface area contributed by atoms with Gasteiger partial charge in [-0.15, -0.1) is 11.3 Å². The first-order valence-electron chi connectivity index (χ1n) is 9.08. The number of ether oxygens (including phenoxy) is 1. The first-order valence-corrected chi connectivity index (χ1v) is 9.89. The van der Waals surface area contributed by atoms with E-state index in [0.29, 0.717) is 5.39 Å². The molecule has 2 N–H and O–H groups in total. The molecule has 2 atom stereocenters. The fourth-order valence-electron chi connectivity index (χ4n) is 3.97. The Kier molecular flexibility index (Phi) is 4.65. The van der Waals surface area contributed by atoms with E-state index >= 15 is 0 Å². The molecule has 5 nitrogen and oxygen atoms in total. The molecular formula is C20H24N3O2S+. The predicted molar refractivity (Wildman–Crippen MR) is 105 cm³/mol. The summed E-state index contributed by atoms with van der Waals surface area (Å²) in [5, 5.41) is 0.709. The van der Waals surface area contributed by atoms with E-state index < -0.39 is 0 Å². The smallest absolute Gasteiger partial charge is 0.260 e. The normalized spacial score (nSPS) is 23.4. The van der Waals surface area contributed by atoms with Gasteiger partial charge in [0.2, 0.25) is 0 Å². The number of aromatic nitrogens is 2. The minimum atomic E-state index is -0.0399. The summed E-state index contributed by atoms with van der Waals surface area (Å²) in [6.07, 6.45) is 0.468. The van der Waals surface area contributed by atoms with Crippen molar-refractivity contribution < 1.29 is 9.64 Å². The zero-order valence-electron chi connectivity index (χ0n) is 15.3. The molecule has 0 amide bonds. The van der Waals surface area contributed by atoms with Crippen molar-refractivity contribution in [2.45, 2.75) is 39.5 Å². The summed E-state index contributed by atoms with van der Waals surface area (Å²) in [5.41, 5.74) is 2.03. The third kappa shape index (κ3) is 3.32. The molecule has 1 aromatic carbocycles. The number of fused-ring (bicyclic) bond motifs is 1. The number of morpholine rings is 1. The zero-order valence-corrected chi connectivity index (χ0v) is 16.2. The number of benzene rings is 1. The van der Waals surface area contributed by atoms with Crippen molar-refractivity contribution in [2.24, 2.45) is 0 Å². The summed E-state index contributed by atoms with van der Waals surface area (Å²) in [6.45, 7) is 8.86. The van der Waals surface area contributed by atoms with E-state index in [9.17, 15) is 4.79 Å². The summed E-state index contributed by atoms with van der Waals surface area (Å²) in [7, 11) is 0. The molecule has 3 aromatic rings. The number of hydrogen-bond acceptors (Lipinski definition) is 4. The Labute approximate surface area is 156 Å². The first kappa shape index (κ1) is 17.4. The highest BCUT2D eigenvalue weighted by molar-refractivity contribution is 7.19. The Morgan fingerprint density at radius 2 is 1.92 bits per heavy atom. The lowest BCUT2D eigenvalue weighted by atomic mass is 10.0. The fraction of sp³-hybridized carbons (Fsp3) is 0.400. The molecule has 26 heavy (non-hydrogen) atoms. The highest BCUT2D eigenvalue weighted by Gasteiger charge is 2.26. The summed E-state index contributed by atoms with van der Waals surface area (Å²) >= 11 is 1.60. The average molecular weight is 370 g/mol.